The Morgan fingerprint density at radius 1 is 0.960 bits per heavy atom. The van der Waals surface area contributed by atoms with E-state index in [1.54, 1.807) is 24.3 Å². The van der Waals surface area contributed by atoms with Crippen LogP contribution in [0.25, 0.3) is 0 Å². The highest BCUT2D eigenvalue weighted by Gasteiger charge is 2.08. The van der Waals surface area contributed by atoms with Gasteiger partial charge in [-0.3, -0.25) is 4.79 Å². The summed E-state index contributed by atoms with van der Waals surface area (Å²) in [5.74, 6) is 0.141. The van der Waals surface area contributed by atoms with Crippen molar-refractivity contribution in [1.29, 1.82) is 0 Å². The van der Waals surface area contributed by atoms with E-state index in [1.807, 2.05) is 25.1 Å². The molecule has 0 fully saturated rings. The Morgan fingerprint density at radius 3 is 2.40 bits per heavy atom. The molecule has 0 atom stereocenters. The van der Waals surface area contributed by atoms with E-state index in [2.05, 4.69) is 27.5 Å². The minimum atomic E-state index is -0.292. The minimum absolute atomic E-state index is 0.292. The molecule has 0 aliphatic rings. The van der Waals surface area contributed by atoms with Gasteiger partial charge in [-0.15, -0.1) is 0 Å². The number of rotatable bonds is 4. The van der Waals surface area contributed by atoms with Crippen LogP contribution >= 0.6 is 11.6 Å². The van der Waals surface area contributed by atoms with Crippen molar-refractivity contribution in [2.24, 2.45) is 0 Å². The van der Waals surface area contributed by atoms with Gasteiger partial charge in [-0.25, -0.2) is 9.97 Å². The third kappa shape index (κ3) is 4.33. The molecular formula is C19H17ClN4O. The summed E-state index contributed by atoms with van der Waals surface area (Å²) in [5.41, 5.74) is 4.29. The van der Waals surface area contributed by atoms with Crippen LogP contribution in [0, 0.1) is 13.8 Å². The predicted molar refractivity (Wildman–Crippen MR) is 101 cm³/mol. The lowest BCUT2D eigenvalue weighted by molar-refractivity contribution is 0.102. The second-order valence-electron chi connectivity index (χ2n) is 5.68. The van der Waals surface area contributed by atoms with E-state index >= 15 is 0 Å². The van der Waals surface area contributed by atoms with Crippen LogP contribution in [0.2, 0.25) is 5.02 Å². The maximum absolute atomic E-state index is 12.2. The first-order valence-corrected chi connectivity index (χ1v) is 8.12. The normalized spacial score (nSPS) is 10.4. The van der Waals surface area contributed by atoms with Crippen molar-refractivity contribution in [1.82, 2.24) is 9.97 Å². The molecule has 3 rings (SSSR count). The number of nitrogens with zero attached hydrogens (tertiary/aromatic N) is 2. The topological polar surface area (TPSA) is 66.9 Å². The van der Waals surface area contributed by atoms with Crippen molar-refractivity contribution < 1.29 is 4.79 Å². The zero-order valence-electron chi connectivity index (χ0n) is 13.9. The summed E-state index contributed by atoms with van der Waals surface area (Å²) in [6.07, 6.45) is 2.96. The molecule has 6 heteroatoms. The van der Waals surface area contributed by atoms with Gasteiger partial charge in [-0.05, 0) is 55.3 Å². The Bertz CT molecular complexity index is 910. The van der Waals surface area contributed by atoms with E-state index in [-0.39, 0.29) is 5.91 Å². The number of anilines is 3. The lowest BCUT2D eigenvalue weighted by atomic mass is 10.1. The van der Waals surface area contributed by atoms with Crippen LogP contribution in [0.3, 0.4) is 0 Å². The quantitative estimate of drug-likeness (QED) is 0.711. The number of aromatic nitrogens is 2. The van der Waals surface area contributed by atoms with Crippen LogP contribution in [0.4, 0.5) is 17.3 Å². The smallest absolute Gasteiger partial charge is 0.258 e. The van der Waals surface area contributed by atoms with E-state index in [4.69, 9.17) is 11.6 Å². The predicted octanol–water partition coefficient (Wildman–Crippen LogP) is 4.74. The van der Waals surface area contributed by atoms with E-state index in [0.717, 1.165) is 5.69 Å². The number of carbonyl (C=O) groups excluding carboxylic acids is 1. The summed E-state index contributed by atoms with van der Waals surface area (Å²) >= 11 is 5.91. The summed E-state index contributed by atoms with van der Waals surface area (Å²) in [4.78, 5) is 20.6. The van der Waals surface area contributed by atoms with Crippen LogP contribution in [0.5, 0.6) is 0 Å². The molecule has 2 N–H and O–H groups in total. The zero-order chi connectivity index (χ0) is 17.8. The van der Waals surface area contributed by atoms with E-state index in [1.165, 1.54) is 23.5 Å². The van der Waals surface area contributed by atoms with Crippen molar-refractivity contribution in [2.45, 2.75) is 13.8 Å². The monoisotopic (exact) mass is 352 g/mol. The van der Waals surface area contributed by atoms with Gasteiger partial charge < -0.3 is 10.6 Å². The van der Waals surface area contributed by atoms with Gasteiger partial charge >= 0.3 is 0 Å². The van der Waals surface area contributed by atoms with Gasteiger partial charge in [0.15, 0.2) is 0 Å². The molecule has 0 spiro atoms. The van der Waals surface area contributed by atoms with Crippen molar-refractivity contribution >= 4 is 34.8 Å². The van der Waals surface area contributed by atoms with E-state index in [0.29, 0.717) is 22.2 Å². The van der Waals surface area contributed by atoms with Gasteiger partial charge in [0.1, 0.15) is 0 Å². The first-order chi connectivity index (χ1) is 12.0. The van der Waals surface area contributed by atoms with Gasteiger partial charge in [-0.1, -0.05) is 23.7 Å². The molecule has 0 aliphatic heterocycles. The van der Waals surface area contributed by atoms with Gasteiger partial charge in [0.2, 0.25) is 5.95 Å². The van der Waals surface area contributed by atoms with Crippen LogP contribution in [0.15, 0.2) is 54.9 Å². The molecule has 0 radical (unpaired) electrons. The number of halogens is 1. The molecule has 2 aromatic carbocycles. The fourth-order valence-electron chi connectivity index (χ4n) is 2.23. The summed E-state index contributed by atoms with van der Waals surface area (Å²) in [5, 5.41) is 6.44. The largest absolute Gasteiger partial charge is 0.324 e. The highest BCUT2D eigenvalue weighted by Crippen LogP contribution is 2.18. The highest BCUT2D eigenvalue weighted by atomic mass is 35.5. The summed E-state index contributed by atoms with van der Waals surface area (Å²) in [6.45, 7) is 4.10. The molecule has 1 aromatic heterocycles. The van der Waals surface area contributed by atoms with Gasteiger partial charge in [0.05, 0.1) is 5.56 Å². The second kappa shape index (κ2) is 7.32. The molecule has 5 nitrogen and oxygen atoms in total. The standard InChI is InChI=1S/C19H17ClN4O/c1-12-6-7-17(8-13(12)2)24-19-21-10-14(11-22-19)18(25)23-16-5-3-4-15(20)9-16/h3-11H,1-2H3,(H,23,25)(H,21,22,24). The Hall–Kier alpha value is -2.92. The van der Waals surface area contributed by atoms with Crippen LogP contribution in [-0.2, 0) is 0 Å². The Morgan fingerprint density at radius 2 is 1.72 bits per heavy atom. The molecule has 0 aliphatic carbocycles. The first kappa shape index (κ1) is 16.9. The number of aryl methyl sites for hydroxylation is 2. The molecule has 0 saturated heterocycles. The maximum atomic E-state index is 12.2. The number of amides is 1. The second-order valence-corrected chi connectivity index (χ2v) is 6.12. The van der Waals surface area contributed by atoms with Crippen LogP contribution < -0.4 is 10.6 Å². The lowest BCUT2D eigenvalue weighted by Crippen LogP contribution is -2.13. The highest BCUT2D eigenvalue weighted by molar-refractivity contribution is 6.30. The van der Waals surface area contributed by atoms with Gasteiger partial charge in [0.25, 0.3) is 5.91 Å². The van der Waals surface area contributed by atoms with Crippen molar-refractivity contribution in [3.8, 4) is 0 Å². The number of benzene rings is 2. The summed E-state index contributed by atoms with van der Waals surface area (Å²) < 4.78 is 0. The zero-order valence-corrected chi connectivity index (χ0v) is 14.6. The molecular weight excluding hydrogens is 336 g/mol. The fourth-order valence-corrected chi connectivity index (χ4v) is 2.42. The fraction of sp³-hybridized carbons (Fsp3) is 0.105. The third-order valence-corrected chi connectivity index (χ3v) is 3.99. The average Bonchev–Trinajstić information content (AvgIpc) is 2.59. The number of hydrogen-bond donors (Lipinski definition) is 2. The third-order valence-electron chi connectivity index (χ3n) is 3.76. The van der Waals surface area contributed by atoms with Crippen molar-refractivity contribution in [3.05, 3.63) is 76.6 Å². The Labute approximate surface area is 151 Å². The SMILES string of the molecule is Cc1ccc(Nc2ncc(C(=O)Nc3cccc(Cl)c3)cn2)cc1C. The molecule has 126 valence electrons. The molecule has 25 heavy (non-hydrogen) atoms. The maximum Gasteiger partial charge on any atom is 0.258 e. The molecule has 1 amide bonds. The van der Waals surface area contributed by atoms with Gasteiger partial charge in [-0.2, -0.15) is 0 Å². The Kier molecular flexibility index (Phi) is 4.95. The van der Waals surface area contributed by atoms with Crippen molar-refractivity contribution in [2.75, 3.05) is 10.6 Å². The van der Waals surface area contributed by atoms with E-state index in [9.17, 15) is 4.79 Å². The van der Waals surface area contributed by atoms with Crippen LogP contribution in [0.1, 0.15) is 21.5 Å². The molecule has 3 aromatic rings. The summed E-state index contributed by atoms with van der Waals surface area (Å²) in [7, 11) is 0. The first-order valence-electron chi connectivity index (χ1n) is 7.74. The van der Waals surface area contributed by atoms with Crippen molar-refractivity contribution in [3.63, 3.8) is 0 Å². The number of carbonyl (C=O) groups is 1. The summed E-state index contributed by atoms with van der Waals surface area (Å²) in [6, 6.07) is 13.0. The number of nitrogens with one attached hydrogen (secondary N) is 2. The number of hydrogen-bond acceptors (Lipinski definition) is 4. The molecule has 0 bridgehead atoms. The Balaban J connectivity index is 1.69. The lowest BCUT2D eigenvalue weighted by Gasteiger charge is -2.08. The van der Waals surface area contributed by atoms with E-state index < -0.39 is 0 Å². The minimum Gasteiger partial charge on any atom is -0.324 e. The molecule has 1 heterocycles. The average molecular weight is 353 g/mol. The van der Waals surface area contributed by atoms with Crippen LogP contribution in [-0.4, -0.2) is 15.9 Å². The molecule has 0 unspecified atom stereocenters. The van der Waals surface area contributed by atoms with Gasteiger partial charge in [0, 0.05) is 28.8 Å². The molecule has 0 saturated carbocycles.